The van der Waals surface area contributed by atoms with Crippen LogP contribution in [0.2, 0.25) is 0 Å². The van der Waals surface area contributed by atoms with Gasteiger partial charge in [0.25, 0.3) is 0 Å². The zero-order chi connectivity index (χ0) is 16.4. The fraction of sp³-hybridized carbons (Fsp3) is 0.375. The van der Waals surface area contributed by atoms with Gasteiger partial charge in [-0.2, -0.15) is 0 Å². The molecule has 0 radical (unpaired) electrons. The molecule has 2 rings (SSSR count). The summed E-state index contributed by atoms with van der Waals surface area (Å²) < 4.78 is 32.6. The highest BCUT2D eigenvalue weighted by Crippen LogP contribution is 2.35. The van der Waals surface area contributed by atoms with Crippen molar-refractivity contribution in [1.82, 2.24) is 0 Å². The summed E-state index contributed by atoms with van der Waals surface area (Å²) in [6.07, 6.45) is 1.79. The van der Waals surface area contributed by atoms with E-state index in [4.69, 9.17) is 0 Å². The molecule has 22 heavy (non-hydrogen) atoms. The molecule has 6 heteroatoms. The number of hydrogen-bond acceptors (Lipinski definition) is 4. The second-order valence-electron chi connectivity index (χ2n) is 4.59. The smallest absolute Gasteiger partial charge is 0.217 e. The first-order valence-corrected chi connectivity index (χ1v) is 10.0. The van der Waals surface area contributed by atoms with Crippen LogP contribution >= 0.6 is 10.5 Å². The number of hydrogen-bond donors (Lipinski definition) is 0. The van der Waals surface area contributed by atoms with E-state index in [0.29, 0.717) is 16.9 Å². The molecule has 0 N–H and O–H groups in total. The first-order chi connectivity index (χ1) is 10.5. The Morgan fingerprint density at radius 3 is 2.23 bits per heavy atom. The van der Waals surface area contributed by atoms with Crippen molar-refractivity contribution in [2.75, 3.05) is 6.61 Å². The third-order valence-corrected chi connectivity index (χ3v) is 5.41. The standard InChI is InChI=1S/C13H15S.C3H8O4S/c1-2-10-14-11-6-9-13(14)12-7-4-3-5-8-12;1-2-3-7-8(4,5)6/h3-9,11H,2,10H2,1H3;2-3H2,1H3,(H,4,5,6)/q+1;/p-1. The lowest BCUT2D eigenvalue weighted by molar-refractivity contribution is 0.262. The number of aryl methyl sites for hydroxylation is 1. The van der Waals surface area contributed by atoms with Gasteiger partial charge in [0, 0.05) is 11.6 Å². The highest BCUT2D eigenvalue weighted by Gasteiger charge is 2.12. The lowest BCUT2D eigenvalue weighted by Gasteiger charge is -2.04. The molecule has 0 aliphatic carbocycles. The molecule has 0 saturated heterocycles. The SMILES string of the molecule is CCCOS(=O)(=O)[O-].CCC[s+]1cccc1-c1ccccc1. The van der Waals surface area contributed by atoms with Crippen LogP contribution in [-0.2, 0) is 20.3 Å². The Morgan fingerprint density at radius 2 is 1.73 bits per heavy atom. The summed E-state index contributed by atoms with van der Waals surface area (Å²) in [4.78, 5) is 1.51. The van der Waals surface area contributed by atoms with Gasteiger partial charge in [0.2, 0.25) is 10.4 Å². The highest BCUT2D eigenvalue weighted by molar-refractivity contribution is 7.80. The van der Waals surface area contributed by atoms with Gasteiger partial charge >= 0.3 is 0 Å². The van der Waals surface area contributed by atoms with E-state index in [2.05, 4.69) is 59.0 Å². The van der Waals surface area contributed by atoms with Gasteiger partial charge in [-0.3, -0.25) is 4.18 Å². The minimum Gasteiger partial charge on any atom is -0.726 e. The molecule has 1 atom stereocenters. The molecular formula is C16H22O4S2. The van der Waals surface area contributed by atoms with Gasteiger partial charge in [-0.1, -0.05) is 32.0 Å². The van der Waals surface area contributed by atoms with Gasteiger partial charge in [0.15, 0.2) is 4.88 Å². The maximum absolute atomic E-state index is 9.61. The Balaban J connectivity index is 0.000000261. The van der Waals surface area contributed by atoms with Crippen molar-refractivity contribution in [3.8, 4) is 10.4 Å². The largest absolute Gasteiger partial charge is 0.726 e. The third kappa shape index (κ3) is 7.17. The number of benzene rings is 1. The Kier molecular flexibility index (Phi) is 8.34. The first-order valence-electron chi connectivity index (χ1n) is 7.21. The molecule has 0 saturated carbocycles. The molecule has 0 aliphatic rings. The molecule has 0 aliphatic heterocycles. The lowest BCUT2D eigenvalue weighted by atomic mass is 10.2. The quantitative estimate of drug-likeness (QED) is 0.444. The summed E-state index contributed by atoms with van der Waals surface area (Å²) in [5.41, 5.74) is 1.38. The average molecular weight is 342 g/mol. The fourth-order valence-electron chi connectivity index (χ4n) is 1.82. The van der Waals surface area contributed by atoms with E-state index >= 15 is 0 Å². The van der Waals surface area contributed by atoms with Gasteiger partial charge in [-0.15, -0.1) is 0 Å². The van der Waals surface area contributed by atoms with E-state index in [0.717, 1.165) is 0 Å². The monoisotopic (exact) mass is 342 g/mol. The molecule has 0 amide bonds. The van der Waals surface area contributed by atoms with E-state index in [9.17, 15) is 13.0 Å². The van der Waals surface area contributed by atoms with Gasteiger partial charge < -0.3 is 4.55 Å². The van der Waals surface area contributed by atoms with Gasteiger partial charge in [0.05, 0.1) is 6.61 Å². The minimum absolute atomic E-state index is 0.0220. The van der Waals surface area contributed by atoms with Crippen molar-refractivity contribution in [3.63, 3.8) is 0 Å². The molecule has 1 heterocycles. The third-order valence-electron chi connectivity index (χ3n) is 2.69. The Morgan fingerprint density at radius 1 is 1.05 bits per heavy atom. The van der Waals surface area contributed by atoms with Crippen LogP contribution in [0.4, 0.5) is 0 Å². The van der Waals surface area contributed by atoms with Crippen LogP contribution in [0.5, 0.6) is 0 Å². The molecule has 1 unspecified atom stereocenters. The Bertz CT molecular complexity index is 633. The van der Waals surface area contributed by atoms with Gasteiger partial charge in [0.1, 0.15) is 11.1 Å². The Labute approximate surface area is 135 Å². The zero-order valence-electron chi connectivity index (χ0n) is 12.9. The molecule has 0 bridgehead atoms. The van der Waals surface area contributed by atoms with Crippen LogP contribution in [0.15, 0.2) is 47.8 Å². The van der Waals surface area contributed by atoms with Crippen LogP contribution in [-0.4, -0.2) is 19.6 Å². The average Bonchev–Trinajstić information content (AvgIpc) is 2.95. The fourth-order valence-corrected chi connectivity index (χ4v) is 4.09. The van der Waals surface area contributed by atoms with E-state index in [1.807, 2.05) is 0 Å². The zero-order valence-corrected chi connectivity index (χ0v) is 14.5. The minimum atomic E-state index is -4.44. The normalized spacial score (nSPS) is 11.7. The number of rotatable bonds is 6. The molecule has 0 spiro atoms. The molecular weight excluding hydrogens is 320 g/mol. The maximum atomic E-state index is 9.61. The van der Waals surface area contributed by atoms with Crippen molar-refractivity contribution >= 4 is 20.9 Å². The van der Waals surface area contributed by atoms with Crippen LogP contribution < -0.4 is 0 Å². The summed E-state index contributed by atoms with van der Waals surface area (Å²) in [6.45, 7) is 3.94. The summed E-state index contributed by atoms with van der Waals surface area (Å²) in [7, 11) is -4.07. The van der Waals surface area contributed by atoms with Crippen molar-refractivity contribution < 1.29 is 17.2 Å². The molecule has 1 aromatic carbocycles. The van der Waals surface area contributed by atoms with Gasteiger partial charge in [-0.25, -0.2) is 8.42 Å². The van der Waals surface area contributed by atoms with E-state index in [1.165, 1.54) is 22.6 Å². The molecule has 1 aromatic heterocycles. The summed E-state index contributed by atoms with van der Waals surface area (Å²) >= 11 is 0. The summed E-state index contributed by atoms with van der Waals surface area (Å²) in [6, 6.07) is 15.2. The molecule has 122 valence electrons. The topological polar surface area (TPSA) is 66.4 Å². The lowest BCUT2D eigenvalue weighted by Crippen LogP contribution is -2.03. The van der Waals surface area contributed by atoms with Crippen molar-refractivity contribution in [1.29, 1.82) is 0 Å². The predicted octanol–water partition coefficient (Wildman–Crippen LogP) is 4.39. The molecule has 0 fully saturated rings. The summed E-state index contributed by atoms with van der Waals surface area (Å²) in [5, 5.41) is 2.34. The van der Waals surface area contributed by atoms with Gasteiger partial charge in [-0.05, 0) is 41.5 Å². The number of thiophene rings is 1. The van der Waals surface area contributed by atoms with Crippen LogP contribution in [0, 0.1) is 0 Å². The van der Waals surface area contributed by atoms with Crippen LogP contribution in [0.1, 0.15) is 26.7 Å². The first kappa shape index (κ1) is 18.8. The molecule has 4 nitrogen and oxygen atoms in total. The second kappa shape index (κ2) is 9.74. The molecule has 2 aromatic rings. The van der Waals surface area contributed by atoms with E-state index in [1.54, 1.807) is 6.92 Å². The Hall–Kier alpha value is -1.21. The van der Waals surface area contributed by atoms with Crippen molar-refractivity contribution in [3.05, 3.63) is 47.8 Å². The summed E-state index contributed by atoms with van der Waals surface area (Å²) in [5.74, 6) is 1.29. The van der Waals surface area contributed by atoms with E-state index in [-0.39, 0.29) is 6.61 Å². The predicted molar refractivity (Wildman–Crippen MR) is 90.6 cm³/mol. The van der Waals surface area contributed by atoms with Crippen molar-refractivity contribution in [2.24, 2.45) is 0 Å². The highest BCUT2D eigenvalue weighted by atomic mass is 32.3. The second-order valence-corrected chi connectivity index (χ2v) is 7.62. The van der Waals surface area contributed by atoms with Crippen LogP contribution in [0.3, 0.4) is 0 Å². The van der Waals surface area contributed by atoms with E-state index < -0.39 is 10.4 Å². The maximum Gasteiger partial charge on any atom is 0.217 e. The van der Waals surface area contributed by atoms with Crippen LogP contribution in [0.25, 0.3) is 10.4 Å². The van der Waals surface area contributed by atoms with Crippen molar-refractivity contribution in [2.45, 2.75) is 32.4 Å².